The maximum atomic E-state index is 12.7. The summed E-state index contributed by atoms with van der Waals surface area (Å²) in [5.74, 6) is 0.787. The van der Waals surface area contributed by atoms with Crippen molar-refractivity contribution in [1.29, 1.82) is 0 Å². The first-order valence-electron chi connectivity index (χ1n) is 7.34. The van der Waals surface area contributed by atoms with E-state index in [0.29, 0.717) is 18.7 Å². The average molecular weight is 289 g/mol. The van der Waals surface area contributed by atoms with Crippen molar-refractivity contribution in [2.24, 2.45) is 5.73 Å². The molecule has 0 fully saturated rings. The Bertz CT molecular complexity index is 899. The molecule has 0 saturated heterocycles. The fourth-order valence-corrected chi connectivity index (χ4v) is 3.14. The molecule has 0 radical (unpaired) electrons. The Morgan fingerprint density at radius 1 is 0.864 bits per heavy atom. The minimum Gasteiger partial charge on any atom is -0.492 e. The van der Waals surface area contributed by atoms with Crippen molar-refractivity contribution in [2.75, 3.05) is 13.2 Å². The summed E-state index contributed by atoms with van der Waals surface area (Å²) in [6.07, 6.45) is 0. The van der Waals surface area contributed by atoms with Crippen molar-refractivity contribution in [3.05, 3.63) is 65.7 Å². The normalized spacial score (nSPS) is 12.3. The van der Waals surface area contributed by atoms with Crippen molar-refractivity contribution in [3.63, 3.8) is 0 Å². The number of fused-ring (bicyclic) bond motifs is 5. The van der Waals surface area contributed by atoms with E-state index in [4.69, 9.17) is 10.5 Å². The van der Waals surface area contributed by atoms with Crippen molar-refractivity contribution in [3.8, 4) is 16.9 Å². The molecule has 2 N–H and O–H groups in total. The van der Waals surface area contributed by atoms with Crippen LogP contribution in [-0.2, 0) is 0 Å². The van der Waals surface area contributed by atoms with E-state index in [0.717, 1.165) is 33.2 Å². The lowest BCUT2D eigenvalue weighted by Gasteiger charge is -2.12. The first-order chi connectivity index (χ1) is 10.8. The van der Waals surface area contributed by atoms with Gasteiger partial charge in [0.1, 0.15) is 12.4 Å². The second-order valence-electron chi connectivity index (χ2n) is 5.35. The number of benzene rings is 3. The molecular weight excluding hydrogens is 274 g/mol. The van der Waals surface area contributed by atoms with Gasteiger partial charge in [0.25, 0.3) is 0 Å². The lowest BCUT2D eigenvalue weighted by atomic mass is 9.97. The molecule has 4 rings (SSSR count). The second-order valence-corrected chi connectivity index (χ2v) is 5.35. The predicted octanol–water partition coefficient (Wildman–Crippen LogP) is 3.39. The van der Waals surface area contributed by atoms with Crippen molar-refractivity contribution < 1.29 is 9.53 Å². The zero-order valence-electron chi connectivity index (χ0n) is 12.0. The highest BCUT2D eigenvalue weighted by Gasteiger charge is 2.29. The highest BCUT2D eigenvalue weighted by molar-refractivity contribution is 6.26. The SMILES string of the molecule is NCCOc1cc2c(c3ccccc13)-c1ccccc1C2=O. The summed E-state index contributed by atoms with van der Waals surface area (Å²) in [5.41, 5.74) is 9.03. The standard InChI is InChI=1S/C19H15NO2/c20-9-10-22-17-11-16-18(13-6-2-1-5-12(13)17)14-7-3-4-8-15(14)19(16)21/h1-8,11H,9-10,20H2. The van der Waals surface area contributed by atoms with E-state index in [1.54, 1.807) is 0 Å². The summed E-state index contributed by atoms with van der Waals surface area (Å²) in [6, 6.07) is 17.6. The number of hydrogen-bond donors (Lipinski definition) is 1. The van der Waals surface area contributed by atoms with Crippen LogP contribution < -0.4 is 10.5 Å². The fourth-order valence-electron chi connectivity index (χ4n) is 3.14. The maximum Gasteiger partial charge on any atom is 0.194 e. The van der Waals surface area contributed by atoms with Gasteiger partial charge in [0.2, 0.25) is 0 Å². The quantitative estimate of drug-likeness (QED) is 0.629. The van der Waals surface area contributed by atoms with E-state index in [9.17, 15) is 4.79 Å². The average Bonchev–Trinajstić information content (AvgIpc) is 2.86. The van der Waals surface area contributed by atoms with Crippen LogP contribution in [0.3, 0.4) is 0 Å². The van der Waals surface area contributed by atoms with E-state index < -0.39 is 0 Å². The molecule has 22 heavy (non-hydrogen) atoms. The van der Waals surface area contributed by atoms with Crippen LogP contribution in [-0.4, -0.2) is 18.9 Å². The van der Waals surface area contributed by atoms with E-state index in [1.165, 1.54) is 0 Å². The molecule has 3 aromatic carbocycles. The number of carbonyl (C=O) groups excluding carboxylic acids is 1. The van der Waals surface area contributed by atoms with E-state index in [-0.39, 0.29) is 5.78 Å². The third kappa shape index (κ3) is 1.76. The van der Waals surface area contributed by atoms with Crippen molar-refractivity contribution in [2.45, 2.75) is 0 Å². The highest BCUT2D eigenvalue weighted by atomic mass is 16.5. The summed E-state index contributed by atoms with van der Waals surface area (Å²) in [6.45, 7) is 0.878. The van der Waals surface area contributed by atoms with Gasteiger partial charge in [0, 0.05) is 28.6 Å². The molecule has 0 amide bonds. The number of ketones is 1. The Morgan fingerprint density at radius 2 is 1.55 bits per heavy atom. The van der Waals surface area contributed by atoms with E-state index in [2.05, 4.69) is 0 Å². The summed E-state index contributed by atoms with van der Waals surface area (Å²) in [7, 11) is 0. The van der Waals surface area contributed by atoms with Crippen LogP contribution in [0.5, 0.6) is 5.75 Å². The first-order valence-corrected chi connectivity index (χ1v) is 7.34. The minimum absolute atomic E-state index is 0.0638. The molecule has 0 heterocycles. The molecule has 0 unspecified atom stereocenters. The van der Waals surface area contributed by atoms with Gasteiger partial charge in [-0.3, -0.25) is 4.79 Å². The fraction of sp³-hybridized carbons (Fsp3) is 0.105. The molecule has 0 saturated carbocycles. The Balaban J connectivity index is 2.06. The molecule has 0 atom stereocenters. The van der Waals surface area contributed by atoms with Crippen LogP contribution in [0.1, 0.15) is 15.9 Å². The maximum absolute atomic E-state index is 12.7. The number of carbonyl (C=O) groups is 1. The van der Waals surface area contributed by atoms with Gasteiger partial charge in [0.05, 0.1) is 0 Å². The van der Waals surface area contributed by atoms with Gasteiger partial charge in [-0.25, -0.2) is 0 Å². The van der Waals surface area contributed by atoms with E-state index >= 15 is 0 Å². The molecule has 0 spiro atoms. The number of hydrogen-bond acceptors (Lipinski definition) is 3. The monoisotopic (exact) mass is 289 g/mol. The predicted molar refractivity (Wildman–Crippen MR) is 87.4 cm³/mol. The minimum atomic E-state index is 0.0638. The third-order valence-corrected chi connectivity index (χ3v) is 4.07. The Labute approximate surface area is 128 Å². The van der Waals surface area contributed by atoms with Crippen LogP contribution in [0.15, 0.2) is 54.6 Å². The number of nitrogens with two attached hydrogens (primary N) is 1. The lowest BCUT2D eigenvalue weighted by Crippen LogP contribution is -2.11. The van der Waals surface area contributed by atoms with Crippen LogP contribution in [0.2, 0.25) is 0 Å². The summed E-state index contributed by atoms with van der Waals surface area (Å²) >= 11 is 0. The molecular formula is C19H15NO2. The summed E-state index contributed by atoms with van der Waals surface area (Å²) in [5, 5.41) is 2.06. The molecule has 0 aliphatic heterocycles. The molecule has 3 aromatic rings. The Morgan fingerprint density at radius 3 is 2.32 bits per heavy atom. The van der Waals surface area contributed by atoms with Gasteiger partial charge >= 0.3 is 0 Å². The largest absolute Gasteiger partial charge is 0.492 e. The van der Waals surface area contributed by atoms with Crippen LogP contribution in [0.25, 0.3) is 21.9 Å². The van der Waals surface area contributed by atoms with Gasteiger partial charge in [-0.1, -0.05) is 48.5 Å². The van der Waals surface area contributed by atoms with Crippen molar-refractivity contribution >= 4 is 16.6 Å². The van der Waals surface area contributed by atoms with Gasteiger partial charge in [-0.05, 0) is 17.0 Å². The van der Waals surface area contributed by atoms with Gasteiger partial charge in [-0.2, -0.15) is 0 Å². The Kier molecular flexibility index (Phi) is 2.94. The zero-order valence-corrected chi connectivity index (χ0v) is 12.0. The van der Waals surface area contributed by atoms with Gasteiger partial charge in [0.15, 0.2) is 5.78 Å². The zero-order chi connectivity index (χ0) is 15.1. The number of ether oxygens (including phenoxy) is 1. The molecule has 3 nitrogen and oxygen atoms in total. The lowest BCUT2D eigenvalue weighted by molar-refractivity contribution is 0.104. The first kappa shape index (κ1) is 13.0. The van der Waals surface area contributed by atoms with Crippen LogP contribution in [0, 0.1) is 0 Å². The molecule has 1 aliphatic rings. The molecule has 3 heteroatoms. The molecule has 0 bridgehead atoms. The molecule has 108 valence electrons. The topological polar surface area (TPSA) is 52.3 Å². The Hall–Kier alpha value is -2.65. The van der Waals surface area contributed by atoms with Crippen LogP contribution >= 0.6 is 0 Å². The van der Waals surface area contributed by atoms with E-state index in [1.807, 2.05) is 54.6 Å². The summed E-state index contributed by atoms with van der Waals surface area (Å²) < 4.78 is 5.76. The number of rotatable bonds is 3. The molecule has 0 aromatic heterocycles. The van der Waals surface area contributed by atoms with Crippen molar-refractivity contribution in [1.82, 2.24) is 0 Å². The molecule has 1 aliphatic carbocycles. The van der Waals surface area contributed by atoms with Gasteiger partial charge < -0.3 is 10.5 Å². The summed E-state index contributed by atoms with van der Waals surface area (Å²) in [4.78, 5) is 12.7. The second kappa shape index (κ2) is 4.97. The highest BCUT2D eigenvalue weighted by Crippen LogP contribution is 2.44. The smallest absolute Gasteiger partial charge is 0.194 e. The van der Waals surface area contributed by atoms with Gasteiger partial charge in [-0.15, -0.1) is 0 Å². The van der Waals surface area contributed by atoms with Crippen LogP contribution in [0.4, 0.5) is 0 Å². The third-order valence-electron chi connectivity index (χ3n) is 4.07.